The Balaban J connectivity index is 3.11. The van der Waals surface area contributed by atoms with Crippen molar-refractivity contribution in [3.05, 3.63) is 34.9 Å². The minimum absolute atomic E-state index is 0.278. The average Bonchev–Trinajstić information content (AvgIpc) is 2.15. The first-order valence-corrected chi connectivity index (χ1v) is 5.23. The third-order valence-corrected chi connectivity index (χ3v) is 2.38. The molecule has 0 saturated heterocycles. The molecule has 0 aliphatic heterocycles. The van der Waals surface area contributed by atoms with E-state index in [0.717, 1.165) is 11.6 Å². The Hall–Kier alpha value is -1.03. The third kappa shape index (κ3) is 3.23. The van der Waals surface area contributed by atoms with Crippen LogP contribution in [-0.2, 0) is 19.1 Å². The highest BCUT2D eigenvalue weighted by atomic mass is 19.4. The molecule has 0 aliphatic rings. The van der Waals surface area contributed by atoms with Gasteiger partial charge in [0.1, 0.15) is 0 Å². The summed E-state index contributed by atoms with van der Waals surface area (Å²) in [4.78, 5) is 0. The highest BCUT2D eigenvalue weighted by Crippen LogP contribution is 2.31. The van der Waals surface area contributed by atoms with Crippen LogP contribution in [0.15, 0.2) is 18.2 Å². The molecule has 0 atom stereocenters. The van der Waals surface area contributed by atoms with E-state index >= 15 is 0 Å². The van der Waals surface area contributed by atoms with Crippen LogP contribution in [0.4, 0.5) is 13.2 Å². The van der Waals surface area contributed by atoms with Crippen LogP contribution in [0.3, 0.4) is 0 Å². The molecule has 0 aromatic heterocycles. The SMILES string of the molecule is CC(C)Cc1cc(C(F)(F)F)ccc1CN. The van der Waals surface area contributed by atoms with Crippen LogP contribution in [0, 0.1) is 5.92 Å². The fourth-order valence-electron chi connectivity index (χ4n) is 1.63. The zero-order valence-electron chi connectivity index (χ0n) is 9.43. The standard InChI is InChI=1S/C12H16F3N/c1-8(2)5-10-6-11(12(13,14)15)4-3-9(10)7-16/h3-4,6,8H,5,7,16H2,1-2H3. The Bertz CT molecular complexity index is 356. The van der Waals surface area contributed by atoms with Gasteiger partial charge >= 0.3 is 6.18 Å². The Morgan fingerprint density at radius 3 is 2.25 bits per heavy atom. The quantitative estimate of drug-likeness (QED) is 0.848. The molecule has 2 N–H and O–H groups in total. The molecule has 0 spiro atoms. The summed E-state index contributed by atoms with van der Waals surface area (Å²) < 4.78 is 37.5. The van der Waals surface area contributed by atoms with E-state index in [1.807, 2.05) is 13.8 Å². The molecule has 1 nitrogen and oxygen atoms in total. The minimum atomic E-state index is -4.28. The zero-order chi connectivity index (χ0) is 12.3. The van der Waals surface area contributed by atoms with Gasteiger partial charge in [0, 0.05) is 6.54 Å². The highest BCUT2D eigenvalue weighted by Gasteiger charge is 2.30. The van der Waals surface area contributed by atoms with Crippen molar-refractivity contribution in [2.75, 3.05) is 0 Å². The Morgan fingerprint density at radius 2 is 1.81 bits per heavy atom. The van der Waals surface area contributed by atoms with Crippen molar-refractivity contribution in [2.45, 2.75) is 33.0 Å². The van der Waals surface area contributed by atoms with Crippen molar-refractivity contribution in [2.24, 2.45) is 11.7 Å². The van der Waals surface area contributed by atoms with Crippen LogP contribution < -0.4 is 5.73 Å². The fourth-order valence-corrected chi connectivity index (χ4v) is 1.63. The van der Waals surface area contributed by atoms with Crippen molar-refractivity contribution < 1.29 is 13.2 Å². The van der Waals surface area contributed by atoms with Crippen molar-refractivity contribution in [3.63, 3.8) is 0 Å². The molecule has 0 amide bonds. The van der Waals surface area contributed by atoms with E-state index in [1.165, 1.54) is 12.1 Å². The molecule has 0 saturated carbocycles. The first kappa shape index (κ1) is 13.0. The molecule has 0 radical (unpaired) electrons. The number of benzene rings is 1. The van der Waals surface area contributed by atoms with E-state index in [0.29, 0.717) is 17.9 Å². The van der Waals surface area contributed by atoms with E-state index < -0.39 is 11.7 Å². The summed E-state index contributed by atoms with van der Waals surface area (Å²) in [6.07, 6.45) is -3.66. The largest absolute Gasteiger partial charge is 0.416 e. The van der Waals surface area contributed by atoms with Crippen molar-refractivity contribution >= 4 is 0 Å². The molecular formula is C12H16F3N. The van der Waals surface area contributed by atoms with Gasteiger partial charge in [-0.05, 0) is 35.6 Å². The summed E-state index contributed by atoms with van der Waals surface area (Å²) in [7, 11) is 0. The molecule has 1 rings (SSSR count). The zero-order valence-corrected chi connectivity index (χ0v) is 9.43. The average molecular weight is 231 g/mol. The lowest BCUT2D eigenvalue weighted by Gasteiger charge is -2.14. The van der Waals surface area contributed by atoms with E-state index in [4.69, 9.17) is 5.73 Å². The summed E-state index contributed by atoms with van der Waals surface area (Å²) in [5, 5.41) is 0. The molecule has 1 aromatic carbocycles. The Kier molecular flexibility index (Phi) is 3.97. The fraction of sp³-hybridized carbons (Fsp3) is 0.500. The first-order valence-electron chi connectivity index (χ1n) is 5.23. The Morgan fingerprint density at radius 1 is 1.19 bits per heavy atom. The first-order chi connectivity index (χ1) is 7.34. The van der Waals surface area contributed by atoms with E-state index in [-0.39, 0.29) is 6.54 Å². The molecule has 0 fully saturated rings. The van der Waals surface area contributed by atoms with Gasteiger partial charge in [0.25, 0.3) is 0 Å². The maximum absolute atomic E-state index is 12.5. The number of hydrogen-bond acceptors (Lipinski definition) is 1. The molecule has 4 heteroatoms. The highest BCUT2D eigenvalue weighted by molar-refractivity contribution is 5.33. The number of nitrogens with two attached hydrogens (primary N) is 1. The maximum Gasteiger partial charge on any atom is 0.416 e. The van der Waals surface area contributed by atoms with Gasteiger partial charge in [-0.3, -0.25) is 0 Å². The third-order valence-electron chi connectivity index (χ3n) is 2.38. The number of hydrogen-bond donors (Lipinski definition) is 1. The smallest absolute Gasteiger partial charge is 0.326 e. The molecule has 16 heavy (non-hydrogen) atoms. The van der Waals surface area contributed by atoms with Crippen LogP contribution >= 0.6 is 0 Å². The molecule has 0 unspecified atom stereocenters. The number of halogens is 3. The van der Waals surface area contributed by atoms with Crippen LogP contribution in [-0.4, -0.2) is 0 Å². The van der Waals surface area contributed by atoms with Gasteiger partial charge in [-0.15, -0.1) is 0 Å². The monoisotopic (exact) mass is 231 g/mol. The van der Waals surface area contributed by atoms with E-state index in [2.05, 4.69) is 0 Å². The topological polar surface area (TPSA) is 26.0 Å². The lowest BCUT2D eigenvalue weighted by Crippen LogP contribution is -2.10. The normalized spacial score (nSPS) is 12.2. The summed E-state index contributed by atoms with van der Waals surface area (Å²) in [5.74, 6) is 0.314. The lowest BCUT2D eigenvalue weighted by molar-refractivity contribution is -0.137. The van der Waals surface area contributed by atoms with Crippen molar-refractivity contribution in [3.8, 4) is 0 Å². The number of alkyl halides is 3. The van der Waals surface area contributed by atoms with Crippen molar-refractivity contribution in [1.82, 2.24) is 0 Å². The van der Waals surface area contributed by atoms with E-state index in [1.54, 1.807) is 0 Å². The van der Waals surface area contributed by atoms with Crippen molar-refractivity contribution in [1.29, 1.82) is 0 Å². The van der Waals surface area contributed by atoms with E-state index in [9.17, 15) is 13.2 Å². The second-order valence-electron chi connectivity index (χ2n) is 4.28. The predicted octanol–water partition coefficient (Wildman–Crippen LogP) is 3.36. The van der Waals surface area contributed by atoms with Crippen LogP contribution in [0.2, 0.25) is 0 Å². The van der Waals surface area contributed by atoms with Gasteiger partial charge in [-0.1, -0.05) is 19.9 Å². The predicted molar refractivity (Wildman–Crippen MR) is 57.9 cm³/mol. The second kappa shape index (κ2) is 4.87. The van der Waals surface area contributed by atoms with Gasteiger partial charge in [-0.25, -0.2) is 0 Å². The van der Waals surface area contributed by atoms with Crippen LogP contribution in [0.1, 0.15) is 30.5 Å². The minimum Gasteiger partial charge on any atom is -0.326 e. The molecular weight excluding hydrogens is 215 g/mol. The maximum atomic E-state index is 12.5. The summed E-state index contributed by atoms with van der Waals surface area (Å²) in [5.41, 5.74) is 6.40. The molecule has 1 aromatic rings. The summed E-state index contributed by atoms with van der Waals surface area (Å²) >= 11 is 0. The van der Waals surface area contributed by atoms with Gasteiger partial charge < -0.3 is 5.73 Å². The second-order valence-corrected chi connectivity index (χ2v) is 4.28. The molecule has 90 valence electrons. The molecule has 0 bridgehead atoms. The van der Waals surface area contributed by atoms with Crippen LogP contribution in [0.25, 0.3) is 0 Å². The summed E-state index contributed by atoms with van der Waals surface area (Å²) in [6.45, 7) is 4.22. The molecule has 0 heterocycles. The van der Waals surface area contributed by atoms with Gasteiger partial charge in [0.05, 0.1) is 5.56 Å². The summed E-state index contributed by atoms with van der Waals surface area (Å²) in [6, 6.07) is 3.77. The van der Waals surface area contributed by atoms with Crippen LogP contribution in [0.5, 0.6) is 0 Å². The van der Waals surface area contributed by atoms with Gasteiger partial charge in [0.2, 0.25) is 0 Å². The van der Waals surface area contributed by atoms with Gasteiger partial charge in [-0.2, -0.15) is 13.2 Å². The Labute approximate surface area is 93.5 Å². The van der Waals surface area contributed by atoms with Gasteiger partial charge in [0.15, 0.2) is 0 Å². The lowest BCUT2D eigenvalue weighted by atomic mass is 9.96. The number of rotatable bonds is 3. The molecule has 0 aliphatic carbocycles.